The lowest BCUT2D eigenvalue weighted by atomic mass is 9.79. The number of aliphatic hydroxyl groups is 1. The highest BCUT2D eigenvalue weighted by molar-refractivity contribution is 5.82. The van der Waals surface area contributed by atoms with E-state index >= 15 is 0 Å². The monoisotopic (exact) mass is 390 g/mol. The van der Waals surface area contributed by atoms with Gasteiger partial charge in [-0.05, 0) is 63.5 Å². The van der Waals surface area contributed by atoms with E-state index in [2.05, 4.69) is 18.5 Å². The topological polar surface area (TPSA) is 52.9 Å². The van der Waals surface area contributed by atoms with E-state index in [-0.39, 0.29) is 5.91 Å². The fraction of sp³-hybridized carbons (Fsp3) is 0.750. The smallest absolute Gasteiger partial charge is 0.228 e. The van der Waals surface area contributed by atoms with Gasteiger partial charge in [0.05, 0.1) is 5.60 Å². The molecule has 0 spiro atoms. The molecule has 0 aromatic rings. The SMILES string of the molecule is C=C(/C=N\C(=C/C)N(CC1CCCC(CCCC)C1)C(=O)CCC)C(C)(C)O. The van der Waals surface area contributed by atoms with Gasteiger partial charge < -0.3 is 5.11 Å². The number of nitrogens with zero attached hydrogens (tertiary/aromatic N) is 2. The largest absolute Gasteiger partial charge is 0.386 e. The van der Waals surface area contributed by atoms with Crippen LogP contribution in [0.5, 0.6) is 0 Å². The number of carbonyl (C=O) groups is 1. The van der Waals surface area contributed by atoms with Crippen LogP contribution in [0, 0.1) is 11.8 Å². The van der Waals surface area contributed by atoms with Crippen molar-refractivity contribution in [1.29, 1.82) is 0 Å². The van der Waals surface area contributed by atoms with E-state index in [9.17, 15) is 9.90 Å². The first-order valence-corrected chi connectivity index (χ1v) is 11.1. The van der Waals surface area contributed by atoms with E-state index < -0.39 is 5.60 Å². The Labute approximate surface area is 172 Å². The molecule has 1 aliphatic rings. The number of hydrogen-bond donors (Lipinski definition) is 1. The van der Waals surface area contributed by atoms with E-state index in [0.29, 0.717) is 23.7 Å². The summed E-state index contributed by atoms with van der Waals surface area (Å²) in [5, 5.41) is 10.1. The molecule has 1 N–H and O–H groups in total. The molecule has 0 saturated heterocycles. The molecule has 28 heavy (non-hydrogen) atoms. The van der Waals surface area contributed by atoms with Gasteiger partial charge in [-0.15, -0.1) is 0 Å². The molecule has 0 aliphatic heterocycles. The Balaban J connectivity index is 2.90. The van der Waals surface area contributed by atoms with Crippen molar-refractivity contribution in [2.75, 3.05) is 6.54 Å². The van der Waals surface area contributed by atoms with Gasteiger partial charge in [-0.2, -0.15) is 0 Å². The van der Waals surface area contributed by atoms with Crippen LogP contribution in [-0.2, 0) is 4.79 Å². The summed E-state index contributed by atoms with van der Waals surface area (Å²) in [5.41, 5.74) is -0.483. The standard InChI is InChI=1S/C24H42N2O2/c1-7-10-13-20-14-11-15-21(16-20)18-26(23(27)12-8-2)22(9-3)25-17-19(4)24(5,6)28/h9,17,20-21,28H,4,7-8,10-16,18H2,1-3,5-6H3/b22-9+,25-17-. The normalized spacial score (nSPS) is 21.1. The minimum Gasteiger partial charge on any atom is -0.386 e. The van der Waals surface area contributed by atoms with Gasteiger partial charge in [0.1, 0.15) is 5.82 Å². The second-order valence-electron chi connectivity index (χ2n) is 8.78. The van der Waals surface area contributed by atoms with Crippen molar-refractivity contribution in [3.63, 3.8) is 0 Å². The van der Waals surface area contributed by atoms with Crippen molar-refractivity contribution in [2.45, 2.75) is 98.0 Å². The van der Waals surface area contributed by atoms with Crippen molar-refractivity contribution in [3.8, 4) is 0 Å². The Morgan fingerprint density at radius 2 is 1.93 bits per heavy atom. The molecule has 1 fully saturated rings. The molecule has 2 atom stereocenters. The van der Waals surface area contributed by atoms with Crippen LogP contribution in [0.25, 0.3) is 0 Å². The molecule has 0 aromatic carbocycles. The fourth-order valence-corrected chi connectivity index (χ4v) is 3.86. The van der Waals surface area contributed by atoms with Gasteiger partial charge in [0, 0.05) is 19.2 Å². The van der Waals surface area contributed by atoms with E-state index in [4.69, 9.17) is 0 Å². The number of hydrogen-bond acceptors (Lipinski definition) is 3. The van der Waals surface area contributed by atoms with Crippen molar-refractivity contribution in [3.05, 3.63) is 24.0 Å². The van der Waals surface area contributed by atoms with Crippen molar-refractivity contribution in [1.82, 2.24) is 4.90 Å². The van der Waals surface area contributed by atoms with Gasteiger partial charge in [-0.3, -0.25) is 9.69 Å². The maximum absolute atomic E-state index is 12.9. The van der Waals surface area contributed by atoms with Gasteiger partial charge in [0.2, 0.25) is 5.91 Å². The Hall–Kier alpha value is -1.42. The molecular weight excluding hydrogens is 348 g/mol. The highest BCUT2D eigenvalue weighted by atomic mass is 16.3. The summed E-state index contributed by atoms with van der Waals surface area (Å²) in [6.45, 7) is 14.2. The molecule has 0 radical (unpaired) electrons. The molecule has 4 heteroatoms. The number of unbranched alkanes of at least 4 members (excludes halogenated alkanes) is 1. The summed E-state index contributed by atoms with van der Waals surface area (Å²) in [6, 6.07) is 0. The molecule has 0 heterocycles. The summed E-state index contributed by atoms with van der Waals surface area (Å²) < 4.78 is 0. The van der Waals surface area contributed by atoms with E-state index in [1.165, 1.54) is 44.9 Å². The molecule has 1 rings (SSSR count). The van der Waals surface area contributed by atoms with Crippen molar-refractivity contribution < 1.29 is 9.90 Å². The average molecular weight is 391 g/mol. The van der Waals surface area contributed by atoms with E-state index in [1.807, 2.05) is 24.8 Å². The van der Waals surface area contributed by atoms with E-state index in [1.54, 1.807) is 20.1 Å². The average Bonchev–Trinajstić information content (AvgIpc) is 2.65. The number of aliphatic imine (C=N–C) groups is 1. The predicted molar refractivity (Wildman–Crippen MR) is 119 cm³/mol. The Bertz CT molecular complexity index is 557. The number of amides is 1. The minimum atomic E-state index is -1.02. The first kappa shape index (κ1) is 24.6. The highest BCUT2D eigenvalue weighted by Gasteiger charge is 2.27. The zero-order chi connectivity index (χ0) is 21.2. The molecule has 0 bridgehead atoms. The Morgan fingerprint density at radius 3 is 2.50 bits per heavy atom. The molecule has 4 nitrogen and oxygen atoms in total. The predicted octanol–water partition coefficient (Wildman–Crippen LogP) is 5.87. The van der Waals surface area contributed by atoms with Crippen LogP contribution in [0.15, 0.2) is 29.0 Å². The van der Waals surface area contributed by atoms with Crippen LogP contribution in [0.3, 0.4) is 0 Å². The van der Waals surface area contributed by atoms with Gasteiger partial charge in [0.15, 0.2) is 0 Å². The van der Waals surface area contributed by atoms with Crippen LogP contribution >= 0.6 is 0 Å². The summed E-state index contributed by atoms with van der Waals surface area (Å²) in [6.07, 6.45) is 13.7. The zero-order valence-electron chi connectivity index (χ0n) is 18.8. The zero-order valence-corrected chi connectivity index (χ0v) is 18.8. The lowest BCUT2D eigenvalue weighted by Gasteiger charge is -2.33. The van der Waals surface area contributed by atoms with Crippen LogP contribution in [0.4, 0.5) is 0 Å². The van der Waals surface area contributed by atoms with Crippen molar-refractivity contribution >= 4 is 12.1 Å². The second-order valence-corrected chi connectivity index (χ2v) is 8.78. The maximum atomic E-state index is 12.9. The molecule has 1 amide bonds. The summed E-state index contributed by atoms with van der Waals surface area (Å²) in [7, 11) is 0. The number of rotatable bonds is 11. The molecule has 1 saturated carbocycles. The van der Waals surface area contributed by atoms with Gasteiger partial charge in [-0.1, -0.05) is 52.5 Å². The fourth-order valence-electron chi connectivity index (χ4n) is 3.86. The third-order valence-electron chi connectivity index (χ3n) is 5.74. The van der Waals surface area contributed by atoms with Gasteiger partial charge in [0.25, 0.3) is 0 Å². The highest BCUT2D eigenvalue weighted by Crippen LogP contribution is 2.33. The maximum Gasteiger partial charge on any atom is 0.228 e. The van der Waals surface area contributed by atoms with Crippen LogP contribution < -0.4 is 0 Å². The van der Waals surface area contributed by atoms with Crippen LogP contribution in [-0.4, -0.2) is 34.3 Å². The van der Waals surface area contributed by atoms with Gasteiger partial charge >= 0.3 is 0 Å². The first-order chi connectivity index (χ1) is 13.2. The first-order valence-electron chi connectivity index (χ1n) is 11.1. The molecule has 1 aliphatic carbocycles. The summed E-state index contributed by atoms with van der Waals surface area (Å²) in [4.78, 5) is 19.2. The quantitative estimate of drug-likeness (QED) is 0.448. The lowest BCUT2D eigenvalue weighted by Crippen LogP contribution is -2.36. The summed E-state index contributed by atoms with van der Waals surface area (Å²) >= 11 is 0. The number of carbonyl (C=O) groups excluding carboxylic acids is 1. The molecule has 160 valence electrons. The second kappa shape index (κ2) is 12.2. The third kappa shape index (κ3) is 8.30. The van der Waals surface area contributed by atoms with Crippen LogP contribution in [0.2, 0.25) is 0 Å². The van der Waals surface area contributed by atoms with E-state index in [0.717, 1.165) is 18.9 Å². The Kier molecular flexibility index (Phi) is 10.7. The summed E-state index contributed by atoms with van der Waals surface area (Å²) in [5.74, 6) is 2.14. The third-order valence-corrected chi connectivity index (χ3v) is 5.74. The molecule has 2 unspecified atom stereocenters. The molecule has 0 aromatic heterocycles. The molecular formula is C24H42N2O2. The van der Waals surface area contributed by atoms with Crippen LogP contribution in [0.1, 0.15) is 92.4 Å². The number of allylic oxidation sites excluding steroid dienone is 1. The Morgan fingerprint density at radius 1 is 1.25 bits per heavy atom. The lowest BCUT2D eigenvalue weighted by molar-refractivity contribution is -0.130. The van der Waals surface area contributed by atoms with Gasteiger partial charge in [-0.25, -0.2) is 4.99 Å². The minimum absolute atomic E-state index is 0.136. The van der Waals surface area contributed by atoms with Crippen molar-refractivity contribution in [2.24, 2.45) is 16.8 Å².